The molecule has 4 aromatic carbocycles. The molecule has 0 bridgehead atoms. The third-order valence-corrected chi connectivity index (χ3v) is 5.67. The van der Waals surface area contributed by atoms with E-state index < -0.39 is 0 Å². The van der Waals surface area contributed by atoms with E-state index in [1.165, 1.54) is 11.1 Å². The van der Waals surface area contributed by atoms with Crippen molar-refractivity contribution in [2.45, 2.75) is 6.42 Å². The predicted molar refractivity (Wildman–Crippen MR) is 136 cm³/mol. The van der Waals surface area contributed by atoms with Crippen LogP contribution in [0.3, 0.4) is 0 Å². The zero-order valence-corrected chi connectivity index (χ0v) is 18.7. The number of allylic oxidation sites excluding steroid dienone is 1. The first-order valence-electron chi connectivity index (χ1n) is 10.2. The van der Waals surface area contributed by atoms with Gasteiger partial charge in [-0.3, -0.25) is 0 Å². The van der Waals surface area contributed by atoms with Gasteiger partial charge in [-0.2, -0.15) is 0 Å². The fourth-order valence-corrected chi connectivity index (χ4v) is 3.75. The molecule has 1 nitrogen and oxygen atoms in total. The Kier molecular flexibility index (Phi) is 7.08. The van der Waals surface area contributed by atoms with Gasteiger partial charge in [-0.05, 0) is 46.7 Å². The fraction of sp³-hybridized carbons (Fsp3) is 0.0345. The molecule has 0 aliphatic heterocycles. The molecule has 4 rings (SSSR count). The standard InChI is InChI=1S/C29H22BrN/c30-28-20-9-7-16-25(28)18-11-19-26-17-8-10-21-29(26)31-22-27(23-12-3-1-4-13-23)24-14-5-2-6-15-24/h1-18,20-21H,19H2/b18-11-. The number of hydrogen-bond donors (Lipinski definition) is 0. The van der Waals surface area contributed by atoms with Crippen molar-refractivity contribution in [1.29, 1.82) is 0 Å². The van der Waals surface area contributed by atoms with Crippen LogP contribution in [-0.2, 0) is 6.42 Å². The second-order valence-corrected chi connectivity index (χ2v) is 7.94. The van der Waals surface area contributed by atoms with Crippen LogP contribution in [0.15, 0.2) is 125 Å². The van der Waals surface area contributed by atoms with Crippen molar-refractivity contribution in [1.82, 2.24) is 0 Å². The maximum absolute atomic E-state index is 4.77. The third kappa shape index (κ3) is 5.58. The predicted octanol–water partition coefficient (Wildman–Crippen LogP) is 8.14. The number of benzene rings is 4. The van der Waals surface area contributed by atoms with Crippen molar-refractivity contribution >= 4 is 39.1 Å². The minimum Gasteiger partial charge on any atom is -0.205 e. The van der Waals surface area contributed by atoms with Gasteiger partial charge in [0.25, 0.3) is 0 Å². The number of para-hydroxylation sites is 1. The molecule has 0 amide bonds. The average molecular weight is 464 g/mol. The maximum atomic E-state index is 4.77. The van der Waals surface area contributed by atoms with Crippen LogP contribution in [0.25, 0.3) is 11.6 Å². The summed E-state index contributed by atoms with van der Waals surface area (Å²) in [5.41, 5.74) is 6.45. The second kappa shape index (κ2) is 10.5. The quantitative estimate of drug-likeness (QED) is 0.256. The molecule has 150 valence electrons. The van der Waals surface area contributed by atoms with Crippen LogP contribution in [0.2, 0.25) is 0 Å². The van der Waals surface area contributed by atoms with Gasteiger partial charge in [0, 0.05) is 4.47 Å². The molecule has 0 aliphatic carbocycles. The first-order chi connectivity index (χ1) is 15.3. The van der Waals surface area contributed by atoms with Gasteiger partial charge in [0.1, 0.15) is 0 Å². The van der Waals surface area contributed by atoms with Crippen molar-refractivity contribution in [3.63, 3.8) is 0 Å². The molecular weight excluding hydrogens is 442 g/mol. The van der Waals surface area contributed by atoms with E-state index in [4.69, 9.17) is 4.99 Å². The van der Waals surface area contributed by atoms with Crippen LogP contribution in [0.5, 0.6) is 0 Å². The highest BCUT2D eigenvalue weighted by Gasteiger charge is 2.04. The first kappa shape index (κ1) is 20.8. The van der Waals surface area contributed by atoms with Crippen LogP contribution < -0.4 is 0 Å². The Balaban J connectivity index is 1.67. The summed E-state index contributed by atoms with van der Waals surface area (Å²) in [4.78, 5) is 4.77. The summed E-state index contributed by atoms with van der Waals surface area (Å²) in [6.45, 7) is 0. The number of aliphatic imine (C=N–C) groups is 1. The molecule has 0 radical (unpaired) electrons. The molecule has 0 aliphatic rings. The van der Waals surface area contributed by atoms with E-state index in [0.29, 0.717) is 0 Å². The minimum atomic E-state index is 0.800. The van der Waals surface area contributed by atoms with E-state index >= 15 is 0 Å². The average Bonchev–Trinajstić information content (AvgIpc) is 2.83. The molecule has 2 heteroatoms. The third-order valence-electron chi connectivity index (χ3n) is 4.95. The van der Waals surface area contributed by atoms with Crippen LogP contribution in [0, 0.1) is 0 Å². The lowest BCUT2D eigenvalue weighted by atomic mass is 9.99. The smallest absolute Gasteiger partial charge is 0.0765 e. The van der Waals surface area contributed by atoms with Crippen molar-refractivity contribution in [3.8, 4) is 0 Å². The molecule has 0 saturated heterocycles. The Morgan fingerprint density at radius 2 is 1.29 bits per heavy atom. The highest BCUT2D eigenvalue weighted by molar-refractivity contribution is 9.10. The number of rotatable bonds is 6. The molecule has 0 fully saturated rings. The molecule has 0 unspecified atom stereocenters. The minimum absolute atomic E-state index is 0.800. The van der Waals surface area contributed by atoms with Crippen LogP contribution in [-0.4, -0.2) is 5.87 Å². The lowest BCUT2D eigenvalue weighted by Crippen LogP contribution is -1.88. The van der Waals surface area contributed by atoms with Crippen LogP contribution in [0.1, 0.15) is 22.3 Å². The van der Waals surface area contributed by atoms with Gasteiger partial charge in [0.05, 0.1) is 11.3 Å². The van der Waals surface area contributed by atoms with Gasteiger partial charge < -0.3 is 0 Å². The van der Waals surface area contributed by atoms with E-state index in [2.05, 4.69) is 82.5 Å². The molecule has 0 heterocycles. The van der Waals surface area contributed by atoms with Gasteiger partial charge >= 0.3 is 0 Å². The van der Waals surface area contributed by atoms with E-state index in [0.717, 1.165) is 33.3 Å². The Bertz CT molecular complexity index is 1190. The van der Waals surface area contributed by atoms with Gasteiger partial charge in [0.2, 0.25) is 0 Å². The van der Waals surface area contributed by atoms with E-state index in [-0.39, 0.29) is 0 Å². The molecule has 0 spiro atoms. The number of halogens is 1. The summed E-state index contributed by atoms with van der Waals surface area (Å²) in [6, 6.07) is 37.0. The van der Waals surface area contributed by atoms with Gasteiger partial charge in [-0.15, -0.1) is 0 Å². The zero-order chi connectivity index (χ0) is 21.3. The molecule has 31 heavy (non-hydrogen) atoms. The monoisotopic (exact) mass is 463 g/mol. The maximum Gasteiger partial charge on any atom is 0.0765 e. The van der Waals surface area contributed by atoms with Crippen molar-refractivity contribution < 1.29 is 0 Å². The normalized spacial score (nSPS) is 10.6. The van der Waals surface area contributed by atoms with E-state index in [9.17, 15) is 0 Å². The topological polar surface area (TPSA) is 12.4 Å². The summed E-state index contributed by atoms with van der Waals surface area (Å²) in [7, 11) is 0. The fourth-order valence-electron chi connectivity index (χ4n) is 3.34. The summed E-state index contributed by atoms with van der Waals surface area (Å²) in [6.07, 6.45) is 5.11. The summed E-state index contributed by atoms with van der Waals surface area (Å²) in [5.74, 6) is 3.34. The Labute approximate surface area is 192 Å². The van der Waals surface area contributed by atoms with Crippen LogP contribution in [0.4, 0.5) is 5.69 Å². The highest BCUT2D eigenvalue weighted by atomic mass is 79.9. The molecule has 0 atom stereocenters. The SMILES string of the molecule is Brc1ccccc1/C=C\Cc1ccccc1N=C=C(c1ccccc1)c1ccccc1. The van der Waals surface area contributed by atoms with Crippen molar-refractivity contribution in [2.75, 3.05) is 0 Å². The van der Waals surface area contributed by atoms with Gasteiger partial charge in [0.15, 0.2) is 0 Å². The summed E-state index contributed by atoms with van der Waals surface area (Å²) in [5, 5.41) is 0. The molecule has 0 aromatic heterocycles. The lowest BCUT2D eigenvalue weighted by molar-refractivity contribution is 1.26. The molecular formula is C29H22BrN. The Morgan fingerprint density at radius 3 is 1.97 bits per heavy atom. The van der Waals surface area contributed by atoms with E-state index in [1.54, 1.807) is 0 Å². The van der Waals surface area contributed by atoms with Crippen molar-refractivity contribution in [3.05, 3.63) is 142 Å². The summed E-state index contributed by atoms with van der Waals surface area (Å²) >= 11 is 3.60. The number of nitrogens with zero attached hydrogens (tertiary/aromatic N) is 1. The lowest BCUT2D eigenvalue weighted by Gasteiger charge is -2.05. The van der Waals surface area contributed by atoms with Crippen LogP contribution >= 0.6 is 15.9 Å². The van der Waals surface area contributed by atoms with Crippen molar-refractivity contribution in [2.24, 2.45) is 4.99 Å². The summed E-state index contributed by atoms with van der Waals surface area (Å²) < 4.78 is 1.09. The van der Waals surface area contributed by atoms with Gasteiger partial charge in [-0.25, -0.2) is 4.99 Å². The second-order valence-electron chi connectivity index (χ2n) is 7.09. The zero-order valence-electron chi connectivity index (χ0n) is 17.1. The van der Waals surface area contributed by atoms with Gasteiger partial charge in [-0.1, -0.05) is 125 Å². The number of hydrogen-bond acceptors (Lipinski definition) is 1. The highest BCUT2D eigenvalue weighted by Crippen LogP contribution is 2.24. The Hall–Kier alpha value is -3.45. The molecule has 4 aromatic rings. The first-order valence-corrected chi connectivity index (χ1v) is 11.0. The molecule has 0 N–H and O–H groups in total. The molecule has 0 saturated carbocycles. The largest absolute Gasteiger partial charge is 0.205 e. The van der Waals surface area contributed by atoms with E-state index in [1.807, 2.05) is 60.7 Å². The Morgan fingerprint density at radius 1 is 0.710 bits per heavy atom.